The third kappa shape index (κ3) is 5.89. The summed E-state index contributed by atoms with van der Waals surface area (Å²) in [6.07, 6.45) is 8.65. The molecule has 0 aliphatic heterocycles. The fourth-order valence-corrected chi connectivity index (χ4v) is 4.77. The number of benzene rings is 1. The number of halogens is 2. The van der Waals surface area contributed by atoms with Gasteiger partial charge in [-0.05, 0) is 57.2 Å². The molecular formula is C18H24Cl2N2O3S. The van der Waals surface area contributed by atoms with E-state index in [1.165, 1.54) is 36.6 Å². The molecule has 1 aromatic rings. The van der Waals surface area contributed by atoms with Gasteiger partial charge in [0.1, 0.15) is 6.04 Å². The molecule has 0 fully saturated rings. The first-order valence-electron chi connectivity index (χ1n) is 8.59. The molecule has 5 nitrogen and oxygen atoms in total. The third-order valence-corrected chi connectivity index (χ3v) is 6.00. The van der Waals surface area contributed by atoms with Crippen LogP contribution in [0.2, 0.25) is 10.0 Å². The second-order valence-corrected chi connectivity index (χ2v) is 9.24. The zero-order valence-corrected chi connectivity index (χ0v) is 17.3. The largest absolute Gasteiger partial charge is 0.354 e. The molecule has 0 aromatic heterocycles. The van der Waals surface area contributed by atoms with E-state index in [1.54, 1.807) is 6.92 Å². The van der Waals surface area contributed by atoms with Crippen molar-refractivity contribution in [1.29, 1.82) is 0 Å². The summed E-state index contributed by atoms with van der Waals surface area (Å²) in [6, 6.07) is 3.55. The Kier molecular flexibility index (Phi) is 7.38. The number of hydrogen-bond acceptors (Lipinski definition) is 3. The number of rotatable bonds is 7. The highest BCUT2D eigenvalue weighted by molar-refractivity contribution is 7.92. The van der Waals surface area contributed by atoms with Gasteiger partial charge in [0.2, 0.25) is 15.9 Å². The monoisotopic (exact) mass is 418 g/mol. The van der Waals surface area contributed by atoms with Crippen LogP contribution in [-0.4, -0.2) is 33.2 Å². The van der Waals surface area contributed by atoms with Gasteiger partial charge in [-0.25, -0.2) is 8.42 Å². The molecular weight excluding hydrogens is 395 g/mol. The molecule has 0 saturated carbocycles. The summed E-state index contributed by atoms with van der Waals surface area (Å²) < 4.78 is 25.6. The maximum absolute atomic E-state index is 12.5. The normalized spacial score (nSPS) is 15.9. The Balaban J connectivity index is 2.09. The first kappa shape index (κ1) is 21.1. The number of amides is 1. The van der Waals surface area contributed by atoms with Gasteiger partial charge in [-0.15, -0.1) is 0 Å². The van der Waals surface area contributed by atoms with Crippen molar-refractivity contribution in [2.45, 2.75) is 45.1 Å². The van der Waals surface area contributed by atoms with E-state index in [2.05, 4.69) is 11.4 Å². The number of nitrogens with one attached hydrogen (secondary N) is 1. The molecule has 0 heterocycles. The number of anilines is 1. The molecule has 0 radical (unpaired) electrons. The standard InChI is InChI=1S/C18H24Cl2N2O3S/c1-13(18(23)21-9-8-14-6-4-3-5-7-14)22(26(2,24)25)17-11-15(19)10-16(20)12-17/h6,10-13H,3-5,7-9H2,1-2H3,(H,21,23). The smallest absolute Gasteiger partial charge is 0.243 e. The lowest BCUT2D eigenvalue weighted by molar-refractivity contribution is -0.121. The molecule has 1 unspecified atom stereocenters. The van der Waals surface area contributed by atoms with E-state index >= 15 is 0 Å². The molecule has 144 valence electrons. The Morgan fingerprint density at radius 3 is 2.42 bits per heavy atom. The lowest BCUT2D eigenvalue weighted by Gasteiger charge is -2.28. The lowest BCUT2D eigenvalue weighted by atomic mass is 9.97. The van der Waals surface area contributed by atoms with Crippen molar-refractivity contribution in [3.05, 3.63) is 39.9 Å². The zero-order valence-electron chi connectivity index (χ0n) is 15.0. The number of hydrogen-bond donors (Lipinski definition) is 1. The second kappa shape index (κ2) is 9.11. The van der Waals surface area contributed by atoms with E-state index in [4.69, 9.17) is 23.2 Å². The summed E-state index contributed by atoms with van der Waals surface area (Å²) in [6.45, 7) is 2.04. The molecule has 1 N–H and O–H groups in total. The van der Waals surface area contributed by atoms with Gasteiger partial charge in [0.25, 0.3) is 0 Å². The highest BCUT2D eigenvalue weighted by Gasteiger charge is 2.29. The zero-order chi connectivity index (χ0) is 19.3. The van der Waals surface area contributed by atoms with Gasteiger partial charge in [-0.2, -0.15) is 0 Å². The predicted molar refractivity (Wildman–Crippen MR) is 107 cm³/mol. The number of allylic oxidation sites excluding steroid dienone is 1. The van der Waals surface area contributed by atoms with Crippen LogP contribution in [0.25, 0.3) is 0 Å². The number of carbonyl (C=O) groups is 1. The van der Waals surface area contributed by atoms with Crippen molar-refractivity contribution in [2.75, 3.05) is 17.1 Å². The Morgan fingerprint density at radius 1 is 1.23 bits per heavy atom. The third-order valence-electron chi connectivity index (χ3n) is 4.32. The van der Waals surface area contributed by atoms with Gasteiger partial charge in [-0.1, -0.05) is 34.9 Å². The van der Waals surface area contributed by atoms with E-state index in [0.29, 0.717) is 16.6 Å². The molecule has 1 aliphatic rings. The van der Waals surface area contributed by atoms with Gasteiger partial charge in [0.15, 0.2) is 0 Å². The summed E-state index contributed by atoms with van der Waals surface area (Å²) in [5.74, 6) is -0.358. The average molecular weight is 419 g/mol. The number of nitrogens with zero attached hydrogens (tertiary/aromatic N) is 1. The molecule has 8 heteroatoms. The van der Waals surface area contributed by atoms with Crippen LogP contribution in [-0.2, 0) is 14.8 Å². The van der Waals surface area contributed by atoms with Crippen molar-refractivity contribution in [3.8, 4) is 0 Å². The lowest BCUT2D eigenvalue weighted by Crippen LogP contribution is -2.48. The van der Waals surface area contributed by atoms with Crippen LogP contribution in [0.1, 0.15) is 39.0 Å². The van der Waals surface area contributed by atoms with E-state index in [9.17, 15) is 13.2 Å². The van der Waals surface area contributed by atoms with Gasteiger partial charge in [-0.3, -0.25) is 9.10 Å². The van der Waals surface area contributed by atoms with Crippen molar-refractivity contribution >= 4 is 44.8 Å². The Bertz CT molecular complexity index is 773. The molecule has 26 heavy (non-hydrogen) atoms. The summed E-state index contributed by atoms with van der Waals surface area (Å²) in [5.41, 5.74) is 1.62. The van der Waals surface area contributed by atoms with Crippen LogP contribution >= 0.6 is 23.2 Å². The Labute approximate surface area is 165 Å². The highest BCUT2D eigenvalue weighted by atomic mass is 35.5. The Morgan fingerprint density at radius 2 is 1.88 bits per heavy atom. The van der Waals surface area contributed by atoms with Crippen molar-refractivity contribution < 1.29 is 13.2 Å². The highest BCUT2D eigenvalue weighted by Crippen LogP contribution is 2.28. The summed E-state index contributed by atoms with van der Waals surface area (Å²) >= 11 is 12.0. The van der Waals surface area contributed by atoms with Gasteiger partial charge < -0.3 is 5.32 Å². The first-order chi connectivity index (χ1) is 12.2. The second-order valence-electron chi connectivity index (χ2n) is 6.51. The van der Waals surface area contributed by atoms with E-state index < -0.39 is 16.1 Å². The van der Waals surface area contributed by atoms with Crippen LogP contribution in [0.15, 0.2) is 29.8 Å². The Hall–Kier alpha value is -1.24. The van der Waals surface area contributed by atoms with Gasteiger partial charge in [0, 0.05) is 16.6 Å². The molecule has 1 amide bonds. The predicted octanol–water partition coefficient (Wildman–Crippen LogP) is 4.15. The van der Waals surface area contributed by atoms with Gasteiger partial charge >= 0.3 is 0 Å². The molecule has 1 atom stereocenters. The van der Waals surface area contributed by atoms with E-state index in [1.807, 2.05) is 0 Å². The van der Waals surface area contributed by atoms with Gasteiger partial charge in [0.05, 0.1) is 11.9 Å². The maximum atomic E-state index is 12.5. The SMILES string of the molecule is CC(C(=O)NCCC1=CCCCC1)N(c1cc(Cl)cc(Cl)c1)S(C)(=O)=O. The van der Waals surface area contributed by atoms with Crippen LogP contribution in [0.5, 0.6) is 0 Å². The fraction of sp³-hybridized carbons (Fsp3) is 0.500. The topological polar surface area (TPSA) is 66.5 Å². The maximum Gasteiger partial charge on any atom is 0.243 e. The van der Waals surface area contributed by atoms with Crippen LogP contribution in [0, 0.1) is 0 Å². The van der Waals surface area contributed by atoms with Crippen molar-refractivity contribution in [1.82, 2.24) is 5.32 Å². The summed E-state index contributed by atoms with van der Waals surface area (Å²) in [5, 5.41) is 3.44. The first-order valence-corrected chi connectivity index (χ1v) is 11.2. The number of sulfonamides is 1. The van der Waals surface area contributed by atoms with Crippen LogP contribution in [0.4, 0.5) is 5.69 Å². The number of carbonyl (C=O) groups excluding carboxylic acids is 1. The molecule has 1 aliphatic carbocycles. The summed E-state index contributed by atoms with van der Waals surface area (Å²) in [7, 11) is -3.70. The minimum Gasteiger partial charge on any atom is -0.354 e. The van der Waals surface area contributed by atoms with Crippen LogP contribution < -0.4 is 9.62 Å². The van der Waals surface area contributed by atoms with Crippen molar-refractivity contribution in [3.63, 3.8) is 0 Å². The quantitative estimate of drug-likeness (QED) is 0.675. The van der Waals surface area contributed by atoms with Crippen LogP contribution in [0.3, 0.4) is 0 Å². The van der Waals surface area contributed by atoms with E-state index in [0.717, 1.165) is 29.8 Å². The fourth-order valence-electron chi connectivity index (χ4n) is 3.10. The molecule has 0 saturated heterocycles. The average Bonchev–Trinajstić information content (AvgIpc) is 2.53. The molecule has 2 rings (SSSR count). The van der Waals surface area contributed by atoms with E-state index in [-0.39, 0.29) is 11.6 Å². The molecule has 0 spiro atoms. The molecule has 1 aromatic carbocycles. The molecule has 0 bridgehead atoms. The minimum atomic E-state index is -3.70. The van der Waals surface area contributed by atoms with Crippen molar-refractivity contribution in [2.24, 2.45) is 0 Å². The minimum absolute atomic E-state index is 0.266. The summed E-state index contributed by atoms with van der Waals surface area (Å²) in [4.78, 5) is 12.5.